The van der Waals surface area contributed by atoms with Gasteiger partial charge in [0.15, 0.2) is 0 Å². The molecule has 0 bridgehead atoms. The van der Waals surface area contributed by atoms with E-state index in [1.807, 2.05) is 42.3 Å². The normalized spacial score (nSPS) is 19.8. The van der Waals surface area contributed by atoms with Gasteiger partial charge < -0.3 is 5.32 Å². The monoisotopic (exact) mass is 409 g/mol. The van der Waals surface area contributed by atoms with Crippen LogP contribution in [0.3, 0.4) is 0 Å². The van der Waals surface area contributed by atoms with Crippen LogP contribution >= 0.6 is 0 Å². The Morgan fingerprint density at radius 2 is 1.57 bits per heavy atom. The maximum absolute atomic E-state index is 13.5. The van der Waals surface area contributed by atoms with Crippen LogP contribution in [0.4, 0.5) is 9.18 Å². The topological polar surface area (TPSA) is 52.6 Å². The summed E-state index contributed by atoms with van der Waals surface area (Å²) in [4.78, 5) is 29.4. The molecule has 2 aromatic carbocycles. The van der Waals surface area contributed by atoms with E-state index in [9.17, 15) is 14.0 Å². The number of carbonyl (C=O) groups is 2. The highest BCUT2D eigenvalue weighted by molar-refractivity contribution is 6.07. The molecule has 6 heteroatoms. The largest absolute Gasteiger partial charge is 0.326 e. The first kappa shape index (κ1) is 20.5. The van der Waals surface area contributed by atoms with Gasteiger partial charge in [0.2, 0.25) is 0 Å². The summed E-state index contributed by atoms with van der Waals surface area (Å²) in [7, 11) is 1.89. The van der Waals surface area contributed by atoms with Gasteiger partial charge in [0, 0.05) is 0 Å². The van der Waals surface area contributed by atoms with E-state index in [0.717, 1.165) is 36.8 Å². The van der Waals surface area contributed by atoms with Crippen LogP contribution < -0.4 is 5.32 Å². The predicted octanol–water partition coefficient (Wildman–Crippen LogP) is 4.45. The maximum Gasteiger partial charge on any atom is 0.326 e. The number of amides is 3. The van der Waals surface area contributed by atoms with Crippen LogP contribution in [0.15, 0.2) is 54.6 Å². The summed E-state index contributed by atoms with van der Waals surface area (Å²) in [6.45, 7) is 0.170. The average molecular weight is 410 g/mol. The number of carbonyl (C=O) groups excluding carboxylic acids is 2. The van der Waals surface area contributed by atoms with E-state index in [1.54, 1.807) is 12.1 Å². The lowest BCUT2D eigenvalue weighted by Gasteiger charge is -2.32. The highest BCUT2D eigenvalue weighted by Crippen LogP contribution is 2.34. The van der Waals surface area contributed by atoms with Gasteiger partial charge in [-0.2, -0.15) is 0 Å². The molecule has 3 amide bonds. The third kappa shape index (κ3) is 3.97. The van der Waals surface area contributed by atoms with Gasteiger partial charge in [0.25, 0.3) is 5.91 Å². The van der Waals surface area contributed by atoms with Crippen molar-refractivity contribution < 1.29 is 14.0 Å². The molecule has 5 nitrogen and oxygen atoms in total. The lowest BCUT2D eigenvalue weighted by atomic mass is 9.90. The zero-order valence-electron chi connectivity index (χ0n) is 17.3. The third-order valence-electron chi connectivity index (χ3n) is 6.31. The molecule has 1 aliphatic heterocycles. The summed E-state index contributed by atoms with van der Waals surface area (Å²) in [6.07, 6.45) is 5.53. The van der Waals surface area contributed by atoms with Crippen molar-refractivity contribution in [2.24, 2.45) is 0 Å². The lowest BCUT2D eigenvalue weighted by molar-refractivity contribution is -0.133. The predicted molar refractivity (Wildman–Crippen MR) is 113 cm³/mol. The van der Waals surface area contributed by atoms with Crippen molar-refractivity contribution in [2.75, 3.05) is 13.7 Å². The molecule has 0 aromatic heterocycles. The fourth-order valence-electron chi connectivity index (χ4n) is 4.76. The van der Waals surface area contributed by atoms with Crippen LogP contribution in [-0.2, 0) is 4.79 Å². The minimum Gasteiger partial charge on any atom is -0.323 e. The quantitative estimate of drug-likeness (QED) is 0.743. The SMILES string of the molecule is CN(CN1C(=O)NC2(CCCCCC2)C1=O)C(c1ccccc1)c1ccc(F)cc1. The van der Waals surface area contributed by atoms with Gasteiger partial charge in [-0.15, -0.1) is 0 Å². The molecule has 1 saturated heterocycles. The number of rotatable bonds is 5. The number of halogens is 1. The van der Waals surface area contributed by atoms with Crippen LogP contribution in [0.2, 0.25) is 0 Å². The fourth-order valence-corrected chi connectivity index (χ4v) is 4.76. The van der Waals surface area contributed by atoms with Crippen molar-refractivity contribution in [2.45, 2.75) is 50.1 Å². The summed E-state index contributed by atoms with van der Waals surface area (Å²) >= 11 is 0. The molecule has 2 aliphatic rings. The first-order valence-corrected chi connectivity index (χ1v) is 10.6. The van der Waals surface area contributed by atoms with Crippen molar-refractivity contribution in [3.05, 3.63) is 71.5 Å². The van der Waals surface area contributed by atoms with Crippen LogP contribution in [0.1, 0.15) is 55.7 Å². The standard InChI is InChI=1S/C24H28FN3O2/c1-27(17-28-22(29)24(26-23(28)30)15-7-2-3-8-16-24)21(18-9-5-4-6-10-18)19-11-13-20(25)14-12-19/h4-6,9-14,21H,2-3,7-8,15-17H2,1H3,(H,26,30). The Hall–Kier alpha value is -2.73. The molecular weight excluding hydrogens is 381 g/mol. The molecule has 1 aliphatic carbocycles. The highest BCUT2D eigenvalue weighted by Gasteiger charge is 2.51. The summed E-state index contributed by atoms with van der Waals surface area (Å²) in [6, 6.07) is 15.7. The Bertz CT molecular complexity index is 892. The molecule has 4 rings (SSSR count). The van der Waals surface area contributed by atoms with Gasteiger partial charge in [-0.05, 0) is 43.1 Å². The van der Waals surface area contributed by atoms with E-state index in [4.69, 9.17) is 0 Å². The first-order valence-electron chi connectivity index (χ1n) is 10.6. The highest BCUT2D eigenvalue weighted by atomic mass is 19.1. The average Bonchev–Trinajstić information content (AvgIpc) is 2.91. The minimum atomic E-state index is -0.744. The summed E-state index contributed by atoms with van der Waals surface area (Å²) < 4.78 is 13.5. The number of hydrogen-bond acceptors (Lipinski definition) is 3. The minimum absolute atomic E-state index is 0.118. The van der Waals surface area contributed by atoms with Crippen LogP contribution in [0.5, 0.6) is 0 Å². The number of imide groups is 1. The number of nitrogens with one attached hydrogen (secondary N) is 1. The van der Waals surface area contributed by atoms with Crippen molar-refractivity contribution in [3.8, 4) is 0 Å². The molecule has 2 aromatic rings. The Labute approximate surface area is 176 Å². The van der Waals surface area contributed by atoms with Crippen molar-refractivity contribution >= 4 is 11.9 Å². The third-order valence-corrected chi connectivity index (χ3v) is 6.31. The number of hydrogen-bond donors (Lipinski definition) is 1. The van der Waals surface area contributed by atoms with E-state index in [1.165, 1.54) is 17.0 Å². The Morgan fingerprint density at radius 3 is 2.20 bits per heavy atom. The molecule has 0 radical (unpaired) electrons. The van der Waals surface area contributed by atoms with Gasteiger partial charge in [0.1, 0.15) is 11.4 Å². The molecule has 1 N–H and O–H groups in total. The van der Waals surface area contributed by atoms with Crippen molar-refractivity contribution in [3.63, 3.8) is 0 Å². The molecule has 1 spiro atoms. The zero-order chi connectivity index (χ0) is 21.1. The first-order chi connectivity index (χ1) is 14.5. The molecule has 30 heavy (non-hydrogen) atoms. The van der Waals surface area contributed by atoms with Crippen LogP contribution in [0, 0.1) is 5.82 Å². The van der Waals surface area contributed by atoms with E-state index < -0.39 is 5.54 Å². The molecule has 2 fully saturated rings. The van der Waals surface area contributed by atoms with Crippen molar-refractivity contribution in [1.29, 1.82) is 0 Å². The molecular formula is C24H28FN3O2. The maximum atomic E-state index is 13.5. The van der Waals surface area contributed by atoms with Crippen LogP contribution in [0.25, 0.3) is 0 Å². The van der Waals surface area contributed by atoms with E-state index in [0.29, 0.717) is 12.8 Å². The number of benzene rings is 2. The summed E-state index contributed by atoms with van der Waals surface area (Å²) in [5.41, 5.74) is 1.18. The second kappa shape index (κ2) is 8.56. The Kier molecular flexibility index (Phi) is 5.86. The van der Waals surface area contributed by atoms with Gasteiger partial charge in [0.05, 0.1) is 12.7 Å². The lowest BCUT2D eigenvalue weighted by Crippen LogP contribution is -2.47. The van der Waals surface area contributed by atoms with Gasteiger partial charge in [-0.1, -0.05) is 68.1 Å². The molecule has 1 saturated carbocycles. The van der Waals surface area contributed by atoms with E-state index in [2.05, 4.69) is 5.32 Å². The molecule has 1 unspecified atom stereocenters. The molecule has 158 valence electrons. The number of urea groups is 1. The van der Waals surface area contributed by atoms with Gasteiger partial charge in [-0.3, -0.25) is 9.69 Å². The van der Waals surface area contributed by atoms with Gasteiger partial charge >= 0.3 is 6.03 Å². The fraction of sp³-hybridized carbons (Fsp3) is 0.417. The van der Waals surface area contributed by atoms with Gasteiger partial charge in [-0.25, -0.2) is 14.1 Å². The smallest absolute Gasteiger partial charge is 0.323 e. The molecule has 1 atom stereocenters. The summed E-state index contributed by atoms with van der Waals surface area (Å²) in [5, 5.41) is 3.00. The molecule has 1 heterocycles. The van der Waals surface area contributed by atoms with E-state index in [-0.39, 0.29) is 30.5 Å². The van der Waals surface area contributed by atoms with Crippen molar-refractivity contribution in [1.82, 2.24) is 15.1 Å². The zero-order valence-corrected chi connectivity index (χ0v) is 17.3. The second-order valence-electron chi connectivity index (χ2n) is 8.42. The van der Waals surface area contributed by atoms with Crippen LogP contribution in [-0.4, -0.2) is 41.0 Å². The Balaban J connectivity index is 1.59. The number of nitrogens with zero attached hydrogens (tertiary/aromatic N) is 2. The second-order valence-corrected chi connectivity index (χ2v) is 8.42. The Morgan fingerprint density at radius 1 is 0.967 bits per heavy atom. The van der Waals surface area contributed by atoms with E-state index >= 15 is 0 Å². The summed E-state index contributed by atoms with van der Waals surface area (Å²) in [5.74, 6) is -0.412.